The number of aromatic nitrogens is 5. The molecule has 2 aliphatic heterocycles. The Balaban J connectivity index is 0.818. The highest BCUT2D eigenvalue weighted by molar-refractivity contribution is 7.13. The molecule has 5 atom stereocenters. The number of aliphatic hydroxyl groups is 1. The SMILES string of the molecule is [C-]#[N+]c1ccc(-c2ccn(C[C@H](C)NC(=O)c3cc(/C(C)=N/OCCN4CCN(CC(=O)N[C@H](C(=O)N5C[C@H](O)C[C@H]5C(=O)N[C@@H](C)c5ccc(-c6scnc6C)cc5)C(C)(C)C)CC4)n[nH]3)n2)cc1Cl. The van der Waals surface area contributed by atoms with Gasteiger partial charge >= 0.3 is 0 Å². The van der Waals surface area contributed by atoms with Crippen LogP contribution in [0.5, 0.6) is 0 Å². The molecule has 4 amide bonds. The van der Waals surface area contributed by atoms with Crippen LogP contribution in [0.3, 0.4) is 0 Å². The summed E-state index contributed by atoms with van der Waals surface area (Å²) in [5, 5.41) is 35.9. The summed E-state index contributed by atoms with van der Waals surface area (Å²) < 4.78 is 1.73. The first-order chi connectivity index (χ1) is 33.9. The van der Waals surface area contributed by atoms with Crippen molar-refractivity contribution in [2.45, 2.75) is 91.7 Å². The van der Waals surface area contributed by atoms with E-state index >= 15 is 0 Å². The standard InChI is InChI=1S/C50H62ClN13O6S/c1-30(26-63-16-15-39(59-63)36-13-14-40(52-8)38(51)23-36)54-47(67)42-25-41(57-58-42)32(3)60-70-22-21-61-17-19-62(20-18-61)28-44(66)56-46(50(5,6)7)49(69)64-27-37(65)24-43(64)48(68)55-31(2)34-9-11-35(12-10-34)45-33(4)53-29-71-45/h9-16,23,25,29-31,37,43,46,65H,17-22,24,26-28H2,1-7H3,(H,54,67)(H,55,68)(H,56,66)(H,57,58)/b60-32+/t30-,31-,37+,43-,46+/m0/s1. The second-order valence-corrected chi connectivity index (χ2v) is 20.5. The van der Waals surface area contributed by atoms with Gasteiger partial charge in [-0.1, -0.05) is 73.9 Å². The smallest absolute Gasteiger partial charge is 0.269 e. The van der Waals surface area contributed by atoms with E-state index in [0.29, 0.717) is 73.7 Å². The highest BCUT2D eigenvalue weighted by Crippen LogP contribution is 2.31. The summed E-state index contributed by atoms with van der Waals surface area (Å²) in [6, 6.07) is 14.2. The molecule has 21 heteroatoms. The van der Waals surface area contributed by atoms with E-state index in [1.54, 1.807) is 47.2 Å². The lowest BCUT2D eigenvalue weighted by molar-refractivity contribution is -0.144. The number of H-pyrrole nitrogens is 1. The minimum atomic E-state index is -0.926. The van der Waals surface area contributed by atoms with Crippen molar-refractivity contribution in [3.8, 4) is 21.7 Å². The second-order valence-electron chi connectivity index (χ2n) is 19.3. The third kappa shape index (κ3) is 13.5. The van der Waals surface area contributed by atoms with Crippen LogP contribution in [0.15, 0.2) is 71.5 Å². The molecule has 5 N–H and O–H groups in total. The molecule has 2 aliphatic rings. The molecule has 5 heterocycles. The molecule has 5 aromatic rings. The third-order valence-electron chi connectivity index (χ3n) is 12.6. The van der Waals surface area contributed by atoms with Crippen LogP contribution in [-0.4, -0.2) is 151 Å². The first-order valence-electron chi connectivity index (χ1n) is 23.6. The Hall–Kier alpha value is -6.50. The van der Waals surface area contributed by atoms with Gasteiger partial charge in [-0.25, -0.2) is 9.83 Å². The van der Waals surface area contributed by atoms with Gasteiger partial charge in [0.15, 0.2) is 0 Å². The summed E-state index contributed by atoms with van der Waals surface area (Å²) >= 11 is 7.78. The van der Waals surface area contributed by atoms with Crippen LogP contribution >= 0.6 is 22.9 Å². The molecule has 0 saturated carbocycles. The normalized spacial score (nSPS) is 18.1. The van der Waals surface area contributed by atoms with E-state index < -0.39 is 29.5 Å². The van der Waals surface area contributed by atoms with Crippen LogP contribution < -0.4 is 16.0 Å². The van der Waals surface area contributed by atoms with Crippen LogP contribution in [0.2, 0.25) is 5.02 Å². The molecule has 0 unspecified atom stereocenters. The number of nitrogens with one attached hydrogen (secondary N) is 4. The van der Waals surface area contributed by atoms with Crippen molar-refractivity contribution in [3.05, 3.63) is 105 Å². The van der Waals surface area contributed by atoms with E-state index in [4.69, 9.17) is 23.0 Å². The van der Waals surface area contributed by atoms with Crippen LogP contribution in [0.25, 0.3) is 26.5 Å². The summed E-state index contributed by atoms with van der Waals surface area (Å²) in [4.78, 5) is 74.6. The Labute approximate surface area is 422 Å². The minimum absolute atomic E-state index is 0.00623. The van der Waals surface area contributed by atoms with Crippen LogP contribution in [0, 0.1) is 18.9 Å². The molecule has 2 fully saturated rings. The number of aryl methyl sites for hydroxylation is 1. The number of oxime groups is 1. The van der Waals surface area contributed by atoms with Gasteiger partial charge in [0.2, 0.25) is 23.4 Å². The van der Waals surface area contributed by atoms with Crippen LogP contribution in [0.1, 0.15) is 81.4 Å². The van der Waals surface area contributed by atoms with Gasteiger partial charge in [0.25, 0.3) is 5.91 Å². The monoisotopic (exact) mass is 1010 g/mol. The number of amides is 4. The molecular formula is C50H62ClN13O6S. The molecule has 2 aromatic carbocycles. The maximum atomic E-state index is 14.2. The molecule has 19 nitrogen and oxygen atoms in total. The predicted octanol–water partition coefficient (Wildman–Crippen LogP) is 5.46. The van der Waals surface area contributed by atoms with E-state index in [2.05, 4.69) is 51.1 Å². The van der Waals surface area contributed by atoms with E-state index in [0.717, 1.165) is 27.3 Å². The first kappa shape index (κ1) is 52.3. The number of carbonyl (C=O) groups is 4. The number of halogens is 1. The van der Waals surface area contributed by atoms with Gasteiger partial charge in [-0.3, -0.25) is 38.8 Å². The van der Waals surface area contributed by atoms with E-state index in [1.807, 2.05) is 88.5 Å². The molecule has 0 aliphatic carbocycles. The summed E-state index contributed by atoms with van der Waals surface area (Å²) in [7, 11) is 0. The molecule has 71 heavy (non-hydrogen) atoms. The van der Waals surface area contributed by atoms with Gasteiger partial charge in [-0.05, 0) is 62.4 Å². The van der Waals surface area contributed by atoms with Gasteiger partial charge < -0.3 is 30.8 Å². The second kappa shape index (κ2) is 23.2. The Morgan fingerprint density at radius 2 is 1.73 bits per heavy atom. The number of thiazole rings is 1. The number of likely N-dealkylation sites (tertiary alicyclic amines) is 1. The lowest BCUT2D eigenvalue weighted by Gasteiger charge is -2.37. The Bertz CT molecular complexity index is 2750. The van der Waals surface area contributed by atoms with Crippen molar-refractivity contribution in [1.29, 1.82) is 0 Å². The zero-order valence-corrected chi connectivity index (χ0v) is 42.7. The highest BCUT2D eigenvalue weighted by Gasteiger charge is 2.45. The summed E-state index contributed by atoms with van der Waals surface area (Å²) in [5.41, 5.74) is 7.16. The van der Waals surface area contributed by atoms with Crippen LogP contribution in [0.4, 0.5) is 5.69 Å². The van der Waals surface area contributed by atoms with Crippen molar-refractivity contribution in [3.63, 3.8) is 0 Å². The number of aromatic amines is 1. The molecule has 2 saturated heterocycles. The molecule has 7 rings (SSSR count). The number of β-amino-alcohol motifs (C(OH)–C–C–N with tert-alkyl or cyclic N) is 1. The molecule has 0 bridgehead atoms. The molecule has 0 radical (unpaired) electrons. The summed E-state index contributed by atoms with van der Waals surface area (Å²) in [6.07, 6.45) is 1.04. The number of benzene rings is 2. The van der Waals surface area contributed by atoms with Gasteiger partial charge in [-0.15, -0.1) is 11.3 Å². The number of carbonyl (C=O) groups excluding carboxylic acids is 4. The van der Waals surface area contributed by atoms with E-state index in [-0.39, 0.29) is 55.0 Å². The number of rotatable bonds is 18. The predicted molar refractivity (Wildman–Crippen MR) is 272 cm³/mol. The van der Waals surface area contributed by atoms with Gasteiger partial charge in [0, 0.05) is 68.5 Å². The zero-order valence-electron chi connectivity index (χ0n) is 41.1. The average Bonchev–Trinajstić information content (AvgIpc) is 4.18. The minimum Gasteiger partial charge on any atom is -0.394 e. The lowest BCUT2D eigenvalue weighted by Crippen LogP contribution is -2.59. The first-order valence-corrected chi connectivity index (χ1v) is 24.9. The van der Waals surface area contributed by atoms with Crippen molar-refractivity contribution < 1.29 is 29.1 Å². The molecule has 376 valence electrons. The third-order valence-corrected chi connectivity index (χ3v) is 13.9. The Kier molecular flexibility index (Phi) is 17.1. The van der Waals surface area contributed by atoms with Crippen LogP contribution in [-0.2, 0) is 25.8 Å². The van der Waals surface area contributed by atoms with E-state index in [9.17, 15) is 24.3 Å². The Morgan fingerprint density at radius 3 is 2.41 bits per heavy atom. The summed E-state index contributed by atoms with van der Waals surface area (Å²) in [5.74, 6) is -1.39. The lowest BCUT2D eigenvalue weighted by atomic mass is 9.85. The fourth-order valence-electron chi connectivity index (χ4n) is 8.58. The van der Waals surface area contributed by atoms with Crippen molar-refractivity contribution in [1.82, 2.24) is 55.6 Å². The molecule has 3 aromatic heterocycles. The summed E-state index contributed by atoms with van der Waals surface area (Å²) in [6.45, 7) is 24.4. The molecular weight excluding hydrogens is 946 g/mol. The maximum absolute atomic E-state index is 14.2. The maximum Gasteiger partial charge on any atom is 0.269 e. The fraction of sp³-hybridized carbons (Fsp3) is 0.460. The zero-order chi connectivity index (χ0) is 51.0. The number of hydrogen-bond donors (Lipinski definition) is 5. The quantitative estimate of drug-likeness (QED) is 0.0322. The van der Waals surface area contributed by atoms with Gasteiger partial charge in [0.05, 0.1) is 53.6 Å². The highest BCUT2D eigenvalue weighted by atomic mass is 35.5. The van der Waals surface area contributed by atoms with E-state index in [1.165, 1.54) is 4.90 Å². The average molecular weight is 1010 g/mol. The number of nitrogens with zero attached hydrogens (tertiary/aromatic N) is 9. The van der Waals surface area contributed by atoms with Crippen molar-refractivity contribution in [2.75, 3.05) is 52.4 Å². The molecule has 0 spiro atoms. The fourth-order valence-corrected chi connectivity index (χ4v) is 9.62. The number of aliphatic hydroxyl groups excluding tert-OH is 1. The Morgan fingerprint density at radius 1 is 1.01 bits per heavy atom. The van der Waals surface area contributed by atoms with Crippen molar-refractivity contribution in [2.24, 2.45) is 10.6 Å². The number of hydrogen-bond acceptors (Lipinski definition) is 13. The van der Waals surface area contributed by atoms with Crippen molar-refractivity contribution >= 4 is 58.0 Å². The van der Waals surface area contributed by atoms with Gasteiger partial charge in [-0.2, -0.15) is 10.2 Å². The largest absolute Gasteiger partial charge is 0.394 e. The topological polar surface area (TPSA) is 220 Å². The van der Waals surface area contributed by atoms with Gasteiger partial charge in [0.1, 0.15) is 35.8 Å². The number of piperazine rings is 1.